The van der Waals surface area contributed by atoms with E-state index in [2.05, 4.69) is 4.98 Å². The molecule has 0 aliphatic rings. The van der Waals surface area contributed by atoms with E-state index >= 15 is 0 Å². The molecule has 0 bridgehead atoms. The smallest absolute Gasteiger partial charge is 0.218 e. The zero-order valence-corrected chi connectivity index (χ0v) is 7.82. The second kappa shape index (κ2) is 3.72. The van der Waals surface area contributed by atoms with Gasteiger partial charge < -0.3 is 15.6 Å². The predicted molar refractivity (Wildman–Crippen MR) is 49.4 cm³/mol. The Kier molecular flexibility index (Phi) is 2.85. The highest BCUT2D eigenvalue weighted by molar-refractivity contribution is 5.32. The first kappa shape index (κ1) is 9.95. The quantitative estimate of drug-likeness (QED) is 0.703. The van der Waals surface area contributed by atoms with E-state index in [0.717, 1.165) is 0 Å². The lowest BCUT2D eigenvalue weighted by molar-refractivity contribution is 0.205. The summed E-state index contributed by atoms with van der Waals surface area (Å²) in [5.74, 6) is 0.460. The average Bonchev–Trinajstić information content (AvgIpc) is 2.18. The number of methoxy groups -OCH3 is 1. The van der Waals surface area contributed by atoms with Gasteiger partial charge in [0.15, 0.2) is 0 Å². The second-order valence-electron chi connectivity index (χ2n) is 3.14. The average molecular weight is 182 g/mol. The number of rotatable bonds is 3. The molecule has 0 saturated carbocycles. The fourth-order valence-corrected chi connectivity index (χ4v) is 1.07. The SMILES string of the molecule is COc1ncccc1[C@](C)(N)CO. The van der Waals surface area contributed by atoms with Gasteiger partial charge in [-0.15, -0.1) is 0 Å². The number of nitrogens with zero attached hydrogens (tertiary/aromatic N) is 1. The van der Waals surface area contributed by atoms with E-state index in [1.54, 1.807) is 25.3 Å². The van der Waals surface area contributed by atoms with Gasteiger partial charge in [-0.05, 0) is 13.0 Å². The molecule has 0 radical (unpaired) electrons. The lowest BCUT2D eigenvalue weighted by Gasteiger charge is -2.23. The number of nitrogens with two attached hydrogens (primary N) is 1. The third kappa shape index (κ3) is 1.96. The Morgan fingerprint density at radius 2 is 2.38 bits per heavy atom. The first-order valence-electron chi connectivity index (χ1n) is 4.01. The van der Waals surface area contributed by atoms with E-state index in [0.29, 0.717) is 11.4 Å². The summed E-state index contributed by atoms with van der Waals surface area (Å²) in [4.78, 5) is 4.00. The molecule has 1 heterocycles. The maximum atomic E-state index is 9.06. The van der Waals surface area contributed by atoms with Crippen LogP contribution in [0.4, 0.5) is 0 Å². The molecule has 0 fully saturated rings. The zero-order valence-electron chi connectivity index (χ0n) is 7.82. The highest BCUT2D eigenvalue weighted by Crippen LogP contribution is 2.24. The first-order valence-corrected chi connectivity index (χ1v) is 4.01. The van der Waals surface area contributed by atoms with Crippen molar-refractivity contribution < 1.29 is 9.84 Å². The Balaban J connectivity index is 3.12. The van der Waals surface area contributed by atoms with Crippen molar-refractivity contribution >= 4 is 0 Å². The summed E-state index contributed by atoms with van der Waals surface area (Å²) in [6.45, 7) is 1.58. The van der Waals surface area contributed by atoms with Gasteiger partial charge in [0.05, 0.1) is 19.3 Å². The summed E-state index contributed by atoms with van der Waals surface area (Å²) in [5, 5.41) is 9.06. The van der Waals surface area contributed by atoms with Crippen LogP contribution in [-0.4, -0.2) is 23.8 Å². The molecular formula is C9H14N2O2. The molecular weight excluding hydrogens is 168 g/mol. The van der Waals surface area contributed by atoms with Crippen LogP contribution in [0.1, 0.15) is 12.5 Å². The van der Waals surface area contributed by atoms with Gasteiger partial charge in [0.25, 0.3) is 0 Å². The van der Waals surface area contributed by atoms with Gasteiger partial charge in [-0.2, -0.15) is 0 Å². The molecule has 1 atom stereocenters. The Morgan fingerprint density at radius 3 is 2.92 bits per heavy atom. The van der Waals surface area contributed by atoms with Crippen LogP contribution in [0.3, 0.4) is 0 Å². The number of hydrogen-bond acceptors (Lipinski definition) is 4. The van der Waals surface area contributed by atoms with Crippen molar-refractivity contribution in [2.24, 2.45) is 5.73 Å². The van der Waals surface area contributed by atoms with E-state index < -0.39 is 5.54 Å². The highest BCUT2D eigenvalue weighted by Gasteiger charge is 2.24. The molecule has 0 amide bonds. The van der Waals surface area contributed by atoms with E-state index in [9.17, 15) is 0 Å². The fourth-order valence-electron chi connectivity index (χ4n) is 1.07. The molecule has 4 nitrogen and oxygen atoms in total. The van der Waals surface area contributed by atoms with E-state index in [1.165, 1.54) is 7.11 Å². The van der Waals surface area contributed by atoms with Crippen molar-refractivity contribution in [1.82, 2.24) is 4.98 Å². The molecule has 13 heavy (non-hydrogen) atoms. The minimum Gasteiger partial charge on any atom is -0.481 e. The number of aromatic nitrogens is 1. The monoisotopic (exact) mass is 182 g/mol. The molecule has 3 N–H and O–H groups in total. The van der Waals surface area contributed by atoms with E-state index in [4.69, 9.17) is 15.6 Å². The number of pyridine rings is 1. The van der Waals surface area contributed by atoms with E-state index in [-0.39, 0.29) is 6.61 Å². The van der Waals surface area contributed by atoms with Crippen molar-refractivity contribution in [3.8, 4) is 5.88 Å². The van der Waals surface area contributed by atoms with Crippen LogP contribution < -0.4 is 10.5 Å². The van der Waals surface area contributed by atoms with Crippen LogP contribution in [-0.2, 0) is 5.54 Å². The maximum Gasteiger partial charge on any atom is 0.218 e. The Hall–Kier alpha value is -1.13. The second-order valence-corrected chi connectivity index (χ2v) is 3.14. The molecule has 0 spiro atoms. The summed E-state index contributed by atoms with van der Waals surface area (Å²) in [7, 11) is 1.53. The summed E-state index contributed by atoms with van der Waals surface area (Å²) < 4.78 is 5.03. The minimum absolute atomic E-state index is 0.144. The zero-order chi connectivity index (χ0) is 9.90. The van der Waals surface area contributed by atoms with Crippen molar-refractivity contribution in [2.75, 3.05) is 13.7 Å². The molecule has 0 aromatic carbocycles. The van der Waals surface area contributed by atoms with Gasteiger partial charge >= 0.3 is 0 Å². The molecule has 0 aliphatic carbocycles. The Morgan fingerprint density at radius 1 is 1.69 bits per heavy atom. The van der Waals surface area contributed by atoms with Gasteiger partial charge in [0.2, 0.25) is 5.88 Å². The minimum atomic E-state index is -0.806. The molecule has 1 aromatic heterocycles. The van der Waals surface area contributed by atoms with Crippen LogP contribution in [0.2, 0.25) is 0 Å². The van der Waals surface area contributed by atoms with Crippen LogP contribution in [0.25, 0.3) is 0 Å². The van der Waals surface area contributed by atoms with Crippen molar-refractivity contribution in [2.45, 2.75) is 12.5 Å². The van der Waals surface area contributed by atoms with Gasteiger partial charge in [0, 0.05) is 11.8 Å². The summed E-state index contributed by atoms with van der Waals surface area (Å²) >= 11 is 0. The van der Waals surface area contributed by atoms with Crippen LogP contribution >= 0.6 is 0 Å². The summed E-state index contributed by atoms with van der Waals surface area (Å²) in [6.07, 6.45) is 1.62. The highest BCUT2D eigenvalue weighted by atomic mass is 16.5. The predicted octanol–water partition coefficient (Wildman–Crippen LogP) is 0.256. The fraction of sp³-hybridized carbons (Fsp3) is 0.444. The van der Waals surface area contributed by atoms with E-state index in [1.807, 2.05) is 0 Å². The number of aliphatic hydroxyl groups is 1. The van der Waals surface area contributed by atoms with Crippen LogP contribution in [0.5, 0.6) is 5.88 Å². The molecule has 0 saturated heterocycles. The largest absolute Gasteiger partial charge is 0.481 e. The first-order chi connectivity index (χ1) is 6.11. The van der Waals surface area contributed by atoms with Crippen molar-refractivity contribution in [1.29, 1.82) is 0 Å². The maximum absolute atomic E-state index is 9.06. The van der Waals surface area contributed by atoms with Crippen LogP contribution in [0, 0.1) is 0 Å². The Bertz CT molecular complexity index is 287. The van der Waals surface area contributed by atoms with Gasteiger partial charge in [-0.3, -0.25) is 0 Å². The Labute approximate surface area is 77.4 Å². The number of ether oxygens (including phenoxy) is 1. The molecule has 1 aromatic rings. The molecule has 4 heteroatoms. The standard InChI is InChI=1S/C9H14N2O2/c1-9(10,6-12)7-4-3-5-11-8(7)13-2/h3-5,12H,6,10H2,1-2H3/t9-/m1/s1. The lowest BCUT2D eigenvalue weighted by atomic mass is 9.95. The summed E-state index contributed by atoms with van der Waals surface area (Å²) in [5.41, 5.74) is 5.75. The topological polar surface area (TPSA) is 68.4 Å². The van der Waals surface area contributed by atoms with Crippen LogP contribution in [0.15, 0.2) is 18.3 Å². The molecule has 0 aliphatic heterocycles. The molecule has 0 unspecified atom stereocenters. The van der Waals surface area contributed by atoms with Crippen molar-refractivity contribution in [3.05, 3.63) is 23.9 Å². The van der Waals surface area contributed by atoms with Gasteiger partial charge in [-0.1, -0.05) is 6.07 Å². The normalized spacial score (nSPS) is 15.1. The van der Waals surface area contributed by atoms with Gasteiger partial charge in [0.1, 0.15) is 0 Å². The lowest BCUT2D eigenvalue weighted by Crippen LogP contribution is -2.37. The van der Waals surface area contributed by atoms with Crippen molar-refractivity contribution in [3.63, 3.8) is 0 Å². The third-order valence-corrected chi connectivity index (χ3v) is 1.91. The number of hydrogen-bond donors (Lipinski definition) is 2. The molecule has 72 valence electrons. The summed E-state index contributed by atoms with van der Waals surface area (Å²) in [6, 6.07) is 3.56. The third-order valence-electron chi connectivity index (χ3n) is 1.91. The number of aliphatic hydroxyl groups excluding tert-OH is 1. The van der Waals surface area contributed by atoms with Gasteiger partial charge in [-0.25, -0.2) is 4.98 Å². The molecule has 1 rings (SSSR count).